The third kappa shape index (κ3) is 15.2. The Morgan fingerprint density at radius 2 is 0.824 bits per heavy atom. The van der Waals surface area contributed by atoms with Gasteiger partial charge in [0.05, 0.1) is 0 Å². The summed E-state index contributed by atoms with van der Waals surface area (Å²) in [6.45, 7) is 2.96. The number of aliphatic carboxylic acids is 1. The van der Waals surface area contributed by atoms with Gasteiger partial charge in [0.15, 0.2) is 0 Å². The molecule has 0 aromatic carbocycles. The van der Waals surface area contributed by atoms with Crippen molar-refractivity contribution in [2.75, 3.05) is 0 Å². The van der Waals surface area contributed by atoms with E-state index in [1.165, 1.54) is 77.0 Å². The summed E-state index contributed by atoms with van der Waals surface area (Å²) >= 11 is 0. The predicted molar refractivity (Wildman–Crippen MR) is 73.2 cm³/mol. The summed E-state index contributed by atoms with van der Waals surface area (Å²) < 4.78 is 0. The van der Waals surface area contributed by atoms with E-state index in [4.69, 9.17) is 5.11 Å². The smallest absolute Gasteiger partial charge is 0.327 e. The minimum atomic E-state index is -0.981. The van der Waals surface area contributed by atoms with E-state index >= 15 is 0 Å². The summed E-state index contributed by atoms with van der Waals surface area (Å²) in [6, 6.07) is 0. The van der Waals surface area contributed by atoms with Crippen LogP contribution in [0.15, 0.2) is 12.7 Å². The maximum absolute atomic E-state index is 9.25. The maximum Gasteiger partial charge on any atom is 0.327 e. The summed E-state index contributed by atoms with van der Waals surface area (Å²) in [5, 5.41) is 7.60. The monoisotopic (exact) mass is 240 g/mol. The van der Waals surface area contributed by atoms with Gasteiger partial charge in [-0.3, -0.25) is 0 Å². The van der Waals surface area contributed by atoms with Crippen LogP contribution >= 0.6 is 0 Å². The predicted octanol–water partition coefficient (Wildman–Crippen LogP) is 4.94. The first-order chi connectivity index (χ1) is 8.27. The molecule has 1 saturated carbocycles. The van der Waals surface area contributed by atoms with Gasteiger partial charge in [0.1, 0.15) is 0 Å². The van der Waals surface area contributed by atoms with Crippen LogP contribution in [0.2, 0.25) is 0 Å². The summed E-state index contributed by atoms with van der Waals surface area (Å²) in [5.74, 6) is -0.981. The molecule has 17 heavy (non-hydrogen) atoms. The molecule has 0 spiro atoms. The number of hydrogen-bond donors (Lipinski definition) is 1. The third-order valence-electron chi connectivity index (χ3n) is 3.17. The van der Waals surface area contributed by atoms with Crippen molar-refractivity contribution in [3.63, 3.8) is 0 Å². The topological polar surface area (TPSA) is 37.3 Å². The van der Waals surface area contributed by atoms with Gasteiger partial charge >= 0.3 is 5.97 Å². The standard InChI is InChI=1S/C12H24.C3H4O2/c1-2-4-6-8-10-12-11-9-7-5-3-1;1-2-3(4)5/h1-12H2;2H,1H2,(H,4,5). The molecule has 0 atom stereocenters. The first-order valence-electron chi connectivity index (χ1n) is 7.12. The van der Waals surface area contributed by atoms with Gasteiger partial charge in [0, 0.05) is 6.08 Å². The van der Waals surface area contributed by atoms with Crippen molar-refractivity contribution in [1.82, 2.24) is 0 Å². The lowest BCUT2D eigenvalue weighted by Gasteiger charge is -2.05. The molecule has 0 amide bonds. The van der Waals surface area contributed by atoms with E-state index in [0.29, 0.717) is 0 Å². The number of carboxylic acid groups (broad SMARTS) is 1. The van der Waals surface area contributed by atoms with Gasteiger partial charge in [-0.15, -0.1) is 0 Å². The average molecular weight is 240 g/mol. The highest BCUT2D eigenvalue weighted by Gasteiger charge is 1.96. The molecule has 0 aromatic heterocycles. The van der Waals surface area contributed by atoms with Crippen molar-refractivity contribution < 1.29 is 9.90 Å². The molecule has 1 N–H and O–H groups in total. The summed E-state index contributed by atoms with van der Waals surface area (Å²) in [7, 11) is 0. The second-order valence-corrected chi connectivity index (χ2v) is 4.79. The highest BCUT2D eigenvalue weighted by Crippen LogP contribution is 2.15. The van der Waals surface area contributed by atoms with Gasteiger partial charge in [0.25, 0.3) is 0 Å². The molecule has 0 bridgehead atoms. The molecule has 0 saturated heterocycles. The Morgan fingerprint density at radius 3 is 0.882 bits per heavy atom. The first kappa shape index (κ1) is 16.2. The van der Waals surface area contributed by atoms with Crippen LogP contribution in [0.5, 0.6) is 0 Å². The largest absolute Gasteiger partial charge is 0.478 e. The first-order valence-corrected chi connectivity index (χ1v) is 7.12. The van der Waals surface area contributed by atoms with E-state index < -0.39 is 5.97 Å². The molecule has 0 aliphatic heterocycles. The third-order valence-corrected chi connectivity index (χ3v) is 3.17. The molecule has 1 aliphatic carbocycles. The second kappa shape index (κ2) is 13.3. The van der Waals surface area contributed by atoms with Gasteiger partial charge in [-0.25, -0.2) is 4.79 Å². The van der Waals surface area contributed by atoms with Crippen LogP contribution in [-0.2, 0) is 4.79 Å². The summed E-state index contributed by atoms with van der Waals surface area (Å²) in [6.07, 6.45) is 18.8. The maximum atomic E-state index is 9.25. The molecule has 100 valence electrons. The van der Waals surface area contributed by atoms with Gasteiger partial charge in [-0.05, 0) is 0 Å². The zero-order valence-corrected chi connectivity index (χ0v) is 11.1. The van der Waals surface area contributed by atoms with Crippen LogP contribution in [0.4, 0.5) is 0 Å². The Balaban J connectivity index is 0.000000437. The van der Waals surface area contributed by atoms with Gasteiger partial charge < -0.3 is 5.11 Å². The minimum absolute atomic E-state index is 0.833. The van der Waals surface area contributed by atoms with Crippen molar-refractivity contribution in [3.8, 4) is 0 Å². The van der Waals surface area contributed by atoms with Crippen molar-refractivity contribution in [3.05, 3.63) is 12.7 Å². The normalized spacial score (nSPS) is 18.8. The van der Waals surface area contributed by atoms with Crippen LogP contribution in [0, 0.1) is 0 Å². The molecule has 2 nitrogen and oxygen atoms in total. The van der Waals surface area contributed by atoms with E-state index in [0.717, 1.165) is 6.08 Å². The summed E-state index contributed by atoms with van der Waals surface area (Å²) in [5.41, 5.74) is 0. The highest BCUT2D eigenvalue weighted by atomic mass is 16.4. The van der Waals surface area contributed by atoms with Crippen LogP contribution < -0.4 is 0 Å². The molecule has 1 fully saturated rings. The molecular formula is C15H28O2. The quantitative estimate of drug-likeness (QED) is 0.659. The van der Waals surface area contributed by atoms with Gasteiger partial charge in [-0.1, -0.05) is 83.6 Å². The molecule has 0 aromatic rings. The fraction of sp³-hybridized carbons (Fsp3) is 0.800. The molecule has 2 heteroatoms. The fourth-order valence-corrected chi connectivity index (χ4v) is 2.12. The SMILES string of the molecule is C1CCCCCCCCCCC1.C=CC(=O)O. The lowest BCUT2D eigenvalue weighted by atomic mass is 10.0. The van der Waals surface area contributed by atoms with E-state index in [1.54, 1.807) is 0 Å². The number of rotatable bonds is 1. The average Bonchev–Trinajstić information content (AvgIpc) is 2.30. The van der Waals surface area contributed by atoms with E-state index in [2.05, 4.69) is 6.58 Å². The van der Waals surface area contributed by atoms with Crippen molar-refractivity contribution in [1.29, 1.82) is 0 Å². The van der Waals surface area contributed by atoms with Gasteiger partial charge in [-0.2, -0.15) is 0 Å². The van der Waals surface area contributed by atoms with E-state index in [-0.39, 0.29) is 0 Å². The molecule has 1 rings (SSSR count). The van der Waals surface area contributed by atoms with Crippen LogP contribution in [0.1, 0.15) is 77.0 Å². The van der Waals surface area contributed by atoms with Crippen molar-refractivity contribution >= 4 is 5.97 Å². The minimum Gasteiger partial charge on any atom is -0.478 e. The van der Waals surface area contributed by atoms with Crippen molar-refractivity contribution in [2.45, 2.75) is 77.0 Å². The Labute approximate surface area is 106 Å². The lowest BCUT2D eigenvalue weighted by Crippen LogP contribution is -1.85. The molecule has 1 aliphatic rings. The molecule has 0 heterocycles. The van der Waals surface area contributed by atoms with Crippen molar-refractivity contribution in [2.24, 2.45) is 0 Å². The number of carboxylic acids is 1. The molecule has 0 unspecified atom stereocenters. The number of carbonyl (C=O) groups is 1. The number of hydrogen-bond acceptors (Lipinski definition) is 1. The van der Waals surface area contributed by atoms with Crippen LogP contribution in [0.25, 0.3) is 0 Å². The van der Waals surface area contributed by atoms with E-state index in [9.17, 15) is 4.79 Å². The van der Waals surface area contributed by atoms with Crippen LogP contribution in [0.3, 0.4) is 0 Å². The zero-order chi connectivity index (χ0) is 12.8. The Hall–Kier alpha value is -0.790. The van der Waals surface area contributed by atoms with E-state index in [1.807, 2.05) is 0 Å². The van der Waals surface area contributed by atoms with Crippen LogP contribution in [-0.4, -0.2) is 11.1 Å². The van der Waals surface area contributed by atoms with Gasteiger partial charge in [0.2, 0.25) is 0 Å². The molecular weight excluding hydrogens is 212 g/mol. The highest BCUT2D eigenvalue weighted by molar-refractivity contribution is 5.78. The zero-order valence-electron chi connectivity index (χ0n) is 11.1. The Bertz CT molecular complexity index is 144. The fourth-order valence-electron chi connectivity index (χ4n) is 2.12. The Morgan fingerprint density at radius 1 is 0.706 bits per heavy atom. The second-order valence-electron chi connectivity index (χ2n) is 4.79. The molecule has 0 radical (unpaired) electrons. The summed E-state index contributed by atoms with van der Waals surface area (Å²) in [4.78, 5) is 9.25. The Kier molecular flexibility index (Phi) is 12.7. The lowest BCUT2D eigenvalue weighted by molar-refractivity contribution is -0.131.